The van der Waals surface area contributed by atoms with Gasteiger partial charge in [-0.15, -0.1) is 0 Å². The molecule has 0 aromatic heterocycles. The van der Waals surface area contributed by atoms with Gasteiger partial charge in [-0.25, -0.2) is 0 Å². The molecule has 112 valence electrons. The Morgan fingerprint density at radius 1 is 1.05 bits per heavy atom. The van der Waals surface area contributed by atoms with Crippen molar-refractivity contribution in [3.8, 4) is 17.2 Å². The van der Waals surface area contributed by atoms with Crippen molar-refractivity contribution in [3.05, 3.63) is 17.7 Å². The Bertz CT molecular complexity index is 442. The molecule has 4 heteroatoms. The van der Waals surface area contributed by atoms with Gasteiger partial charge in [-0.1, -0.05) is 0 Å². The molecule has 0 heterocycles. The van der Waals surface area contributed by atoms with Gasteiger partial charge in [0.05, 0.1) is 26.9 Å². The van der Waals surface area contributed by atoms with Crippen LogP contribution in [-0.4, -0.2) is 26.9 Å². The second-order valence-corrected chi connectivity index (χ2v) is 5.86. The molecule has 0 saturated heterocycles. The number of hydrogen-bond acceptors (Lipinski definition) is 4. The van der Waals surface area contributed by atoms with Crippen LogP contribution in [0, 0.1) is 5.92 Å². The van der Waals surface area contributed by atoms with Crippen LogP contribution in [0.1, 0.15) is 32.3 Å². The van der Waals surface area contributed by atoms with Crippen LogP contribution in [0.25, 0.3) is 0 Å². The Kier molecular flexibility index (Phi) is 4.43. The van der Waals surface area contributed by atoms with Gasteiger partial charge in [-0.05, 0) is 32.6 Å². The molecule has 0 radical (unpaired) electrons. The van der Waals surface area contributed by atoms with Crippen molar-refractivity contribution in [2.24, 2.45) is 5.92 Å². The van der Waals surface area contributed by atoms with Gasteiger partial charge in [0.2, 0.25) is 0 Å². The predicted molar refractivity (Wildman–Crippen MR) is 79.7 cm³/mol. The van der Waals surface area contributed by atoms with E-state index >= 15 is 0 Å². The van der Waals surface area contributed by atoms with Crippen LogP contribution >= 0.6 is 0 Å². The fourth-order valence-electron chi connectivity index (χ4n) is 2.52. The van der Waals surface area contributed by atoms with E-state index in [1.54, 1.807) is 21.3 Å². The van der Waals surface area contributed by atoms with Gasteiger partial charge in [-0.3, -0.25) is 0 Å². The van der Waals surface area contributed by atoms with Crippen molar-refractivity contribution in [3.63, 3.8) is 0 Å². The Morgan fingerprint density at radius 3 is 2.00 bits per heavy atom. The number of methoxy groups -OCH3 is 3. The Balaban J connectivity index is 2.20. The van der Waals surface area contributed by atoms with Crippen LogP contribution in [0.2, 0.25) is 0 Å². The van der Waals surface area contributed by atoms with Crippen molar-refractivity contribution in [1.29, 1.82) is 0 Å². The fourth-order valence-corrected chi connectivity index (χ4v) is 2.52. The molecule has 2 rings (SSSR count). The highest BCUT2D eigenvalue weighted by Crippen LogP contribution is 2.40. The highest BCUT2D eigenvalue weighted by atomic mass is 16.5. The molecule has 1 aromatic carbocycles. The van der Waals surface area contributed by atoms with Crippen LogP contribution in [0.3, 0.4) is 0 Å². The first-order valence-corrected chi connectivity index (χ1v) is 7.05. The van der Waals surface area contributed by atoms with Crippen LogP contribution in [0.15, 0.2) is 12.1 Å². The smallest absolute Gasteiger partial charge is 0.130 e. The van der Waals surface area contributed by atoms with Gasteiger partial charge < -0.3 is 19.5 Å². The van der Waals surface area contributed by atoms with E-state index in [9.17, 15) is 0 Å². The number of ether oxygens (including phenoxy) is 3. The lowest BCUT2D eigenvalue weighted by molar-refractivity contribution is 0.325. The maximum absolute atomic E-state index is 5.47. The zero-order valence-corrected chi connectivity index (χ0v) is 13.1. The van der Waals surface area contributed by atoms with E-state index in [0.29, 0.717) is 0 Å². The minimum atomic E-state index is 0.149. The highest BCUT2D eigenvalue weighted by molar-refractivity contribution is 5.50. The van der Waals surface area contributed by atoms with Crippen molar-refractivity contribution >= 4 is 0 Å². The van der Waals surface area contributed by atoms with E-state index in [0.717, 1.165) is 35.3 Å². The SMILES string of the molecule is COc1cc(OC)c(CNC(C)(C)C2CC2)c(OC)c1. The maximum Gasteiger partial charge on any atom is 0.130 e. The maximum atomic E-state index is 5.47. The summed E-state index contributed by atoms with van der Waals surface area (Å²) >= 11 is 0. The van der Waals surface area contributed by atoms with Crippen molar-refractivity contribution in [2.45, 2.75) is 38.8 Å². The van der Waals surface area contributed by atoms with E-state index in [1.165, 1.54) is 12.8 Å². The zero-order chi connectivity index (χ0) is 14.8. The second kappa shape index (κ2) is 5.92. The molecule has 20 heavy (non-hydrogen) atoms. The molecule has 0 aliphatic heterocycles. The van der Waals surface area contributed by atoms with Gasteiger partial charge in [0.1, 0.15) is 17.2 Å². The van der Waals surface area contributed by atoms with E-state index in [1.807, 2.05) is 12.1 Å². The second-order valence-electron chi connectivity index (χ2n) is 5.86. The lowest BCUT2D eigenvalue weighted by atomic mass is 9.98. The summed E-state index contributed by atoms with van der Waals surface area (Å²) in [6.07, 6.45) is 2.63. The Hall–Kier alpha value is -1.42. The highest BCUT2D eigenvalue weighted by Gasteiger charge is 2.37. The first-order valence-electron chi connectivity index (χ1n) is 7.05. The zero-order valence-electron chi connectivity index (χ0n) is 13.1. The molecular formula is C16H25NO3. The van der Waals surface area contributed by atoms with Gasteiger partial charge in [0.15, 0.2) is 0 Å². The summed E-state index contributed by atoms with van der Waals surface area (Å²) in [7, 11) is 4.98. The molecule has 0 atom stereocenters. The molecule has 0 bridgehead atoms. The molecule has 1 saturated carbocycles. The topological polar surface area (TPSA) is 39.7 Å². The van der Waals surface area contributed by atoms with E-state index in [4.69, 9.17) is 14.2 Å². The minimum absolute atomic E-state index is 0.149. The third-order valence-electron chi connectivity index (χ3n) is 4.14. The molecule has 0 amide bonds. The van der Waals surface area contributed by atoms with Gasteiger partial charge in [0, 0.05) is 24.2 Å². The van der Waals surface area contributed by atoms with Gasteiger partial charge >= 0.3 is 0 Å². The summed E-state index contributed by atoms with van der Waals surface area (Å²) in [6, 6.07) is 3.79. The fraction of sp³-hybridized carbons (Fsp3) is 0.625. The van der Waals surface area contributed by atoms with E-state index < -0.39 is 0 Å². The van der Waals surface area contributed by atoms with Crippen molar-refractivity contribution in [2.75, 3.05) is 21.3 Å². The Morgan fingerprint density at radius 2 is 1.60 bits per heavy atom. The normalized spacial score (nSPS) is 15.1. The molecular weight excluding hydrogens is 254 g/mol. The van der Waals surface area contributed by atoms with Crippen LogP contribution in [-0.2, 0) is 6.54 Å². The molecule has 0 spiro atoms. The molecule has 4 nitrogen and oxygen atoms in total. The molecule has 1 aromatic rings. The largest absolute Gasteiger partial charge is 0.496 e. The number of benzene rings is 1. The first-order chi connectivity index (χ1) is 9.51. The van der Waals surface area contributed by atoms with Gasteiger partial charge in [0.25, 0.3) is 0 Å². The Labute approximate surface area is 121 Å². The van der Waals surface area contributed by atoms with Crippen molar-refractivity contribution < 1.29 is 14.2 Å². The summed E-state index contributed by atoms with van der Waals surface area (Å²) in [4.78, 5) is 0. The quantitative estimate of drug-likeness (QED) is 0.833. The minimum Gasteiger partial charge on any atom is -0.496 e. The molecule has 1 N–H and O–H groups in total. The van der Waals surface area contributed by atoms with Crippen LogP contribution < -0.4 is 19.5 Å². The third kappa shape index (κ3) is 3.18. The lowest BCUT2D eigenvalue weighted by Gasteiger charge is -2.27. The standard InChI is InChI=1S/C16H25NO3/c1-16(2,11-6-7-11)17-10-13-14(19-4)8-12(18-3)9-15(13)20-5/h8-9,11,17H,6-7,10H2,1-5H3. The average Bonchev–Trinajstić information content (AvgIpc) is 3.29. The van der Waals surface area contributed by atoms with E-state index in [2.05, 4.69) is 19.2 Å². The van der Waals surface area contributed by atoms with Crippen LogP contribution in [0.4, 0.5) is 0 Å². The molecule has 1 aliphatic rings. The lowest BCUT2D eigenvalue weighted by Crippen LogP contribution is -2.40. The summed E-state index contributed by atoms with van der Waals surface area (Å²) in [5.41, 5.74) is 1.18. The molecule has 1 aliphatic carbocycles. The third-order valence-corrected chi connectivity index (χ3v) is 4.14. The van der Waals surface area contributed by atoms with Crippen molar-refractivity contribution in [1.82, 2.24) is 5.32 Å². The van der Waals surface area contributed by atoms with E-state index in [-0.39, 0.29) is 5.54 Å². The van der Waals surface area contributed by atoms with Gasteiger partial charge in [-0.2, -0.15) is 0 Å². The summed E-state index contributed by atoms with van der Waals surface area (Å²) < 4.78 is 16.2. The number of hydrogen-bond donors (Lipinski definition) is 1. The summed E-state index contributed by atoms with van der Waals surface area (Å²) in [6.45, 7) is 5.24. The summed E-state index contributed by atoms with van der Waals surface area (Å²) in [5, 5.41) is 3.62. The summed E-state index contributed by atoms with van der Waals surface area (Å²) in [5.74, 6) is 3.10. The number of nitrogens with one attached hydrogen (secondary N) is 1. The molecule has 0 unspecified atom stereocenters. The predicted octanol–water partition coefficient (Wildman–Crippen LogP) is 2.99. The monoisotopic (exact) mass is 279 g/mol. The first kappa shape index (κ1) is 15.0. The number of rotatable bonds is 7. The van der Waals surface area contributed by atoms with Crippen LogP contribution in [0.5, 0.6) is 17.2 Å². The average molecular weight is 279 g/mol. The molecule has 1 fully saturated rings.